The molecule has 2 rings (SSSR count). The Morgan fingerprint density at radius 1 is 0.760 bits per heavy atom. The van der Waals surface area contributed by atoms with Crippen molar-refractivity contribution in [2.75, 3.05) is 14.1 Å². The molecule has 0 unspecified atom stereocenters. The van der Waals surface area contributed by atoms with E-state index in [1.807, 2.05) is 60.7 Å². The maximum Gasteiger partial charge on any atom is 0.242 e. The van der Waals surface area contributed by atoms with Crippen molar-refractivity contribution in [3.8, 4) is 0 Å². The van der Waals surface area contributed by atoms with Gasteiger partial charge in [-0.05, 0) is 24.6 Å². The Morgan fingerprint density at radius 3 is 1.68 bits per heavy atom. The van der Waals surface area contributed by atoms with Crippen LogP contribution >= 0.6 is 0 Å². The number of carbonyl (C=O) groups excluding carboxylic acids is 2. The molecule has 132 valence electrons. The normalized spacial score (nSPS) is 12.9. The maximum atomic E-state index is 12.6. The van der Waals surface area contributed by atoms with Gasteiger partial charge in [0.2, 0.25) is 11.8 Å². The lowest BCUT2D eigenvalue weighted by Crippen LogP contribution is -2.53. The molecule has 0 heterocycles. The molecule has 3 N–H and O–H groups in total. The highest BCUT2D eigenvalue weighted by molar-refractivity contribution is 5.90. The van der Waals surface area contributed by atoms with E-state index in [0.717, 1.165) is 11.1 Å². The van der Waals surface area contributed by atoms with Crippen LogP contribution in [-0.4, -0.2) is 38.0 Å². The second-order valence-corrected chi connectivity index (χ2v) is 5.90. The quantitative estimate of drug-likeness (QED) is 0.679. The predicted molar refractivity (Wildman–Crippen MR) is 99.1 cm³/mol. The Morgan fingerprint density at radius 2 is 1.24 bits per heavy atom. The molecule has 0 aromatic heterocycles. The van der Waals surface area contributed by atoms with Crippen LogP contribution in [0.25, 0.3) is 0 Å². The zero-order valence-electron chi connectivity index (χ0n) is 14.7. The molecular formula is C20H25N3O2. The highest BCUT2D eigenvalue weighted by Gasteiger charge is 2.24. The molecule has 5 nitrogen and oxygen atoms in total. The molecule has 2 amide bonds. The Balaban J connectivity index is 2.05. The smallest absolute Gasteiger partial charge is 0.242 e. The lowest BCUT2D eigenvalue weighted by Gasteiger charge is -2.22. The molecule has 2 aromatic carbocycles. The number of rotatable bonds is 8. The van der Waals surface area contributed by atoms with Crippen LogP contribution in [0.15, 0.2) is 60.7 Å². The molecule has 5 heteroatoms. The Kier molecular flexibility index (Phi) is 7.16. The van der Waals surface area contributed by atoms with E-state index < -0.39 is 12.1 Å². The zero-order chi connectivity index (χ0) is 18.1. The van der Waals surface area contributed by atoms with Gasteiger partial charge in [0.15, 0.2) is 0 Å². The Bertz CT molecular complexity index is 674. The number of likely N-dealkylation sites (N-methyl/N-ethyl adjacent to an activating group) is 2. The minimum atomic E-state index is -0.605. The van der Waals surface area contributed by atoms with E-state index in [9.17, 15) is 9.59 Å². The highest BCUT2D eigenvalue weighted by Crippen LogP contribution is 2.06. The highest BCUT2D eigenvalue weighted by atomic mass is 16.2. The lowest BCUT2D eigenvalue weighted by molar-refractivity contribution is -0.129. The molecule has 0 saturated heterocycles. The van der Waals surface area contributed by atoms with Gasteiger partial charge in [0.25, 0.3) is 0 Å². The number of amides is 2. The first-order valence-corrected chi connectivity index (χ1v) is 8.41. The summed E-state index contributed by atoms with van der Waals surface area (Å²) in [7, 11) is 3.32. The molecule has 0 spiro atoms. The Hall–Kier alpha value is -2.66. The monoisotopic (exact) mass is 339 g/mol. The van der Waals surface area contributed by atoms with E-state index in [4.69, 9.17) is 0 Å². The summed E-state index contributed by atoms with van der Waals surface area (Å²) in [6.07, 6.45) is 1.02. The average molecular weight is 339 g/mol. The van der Waals surface area contributed by atoms with Gasteiger partial charge in [-0.1, -0.05) is 60.7 Å². The van der Waals surface area contributed by atoms with Crippen molar-refractivity contribution in [3.63, 3.8) is 0 Å². The molecule has 0 aliphatic heterocycles. The molecule has 0 aliphatic carbocycles. The van der Waals surface area contributed by atoms with Gasteiger partial charge >= 0.3 is 0 Å². The van der Waals surface area contributed by atoms with Gasteiger partial charge < -0.3 is 16.0 Å². The van der Waals surface area contributed by atoms with Crippen LogP contribution in [0.1, 0.15) is 11.1 Å². The second-order valence-electron chi connectivity index (χ2n) is 5.90. The number of hydrogen-bond acceptors (Lipinski definition) is 3. The van der Waals surface area contributed by atoms with E-state index >= 15 is 0 Å². The molecule has 0 aliphatic rings. The number of carbonyl (C=O) groups is 2. The molecule has 25 heavy (non-hydrogen) atoms. The van der Waals surface area contributed by atoms with Crippen LogP contribution in [0, 0.1) is 0 Å². The molecule has 0 fully saturated rings. The molecule has 0 radical (unpaired) electrons. The Labute approximate surface area is 148 Å². The van der Waals surface area contributed by atoms with Crippen LogP contribution in [0.2, 0.25) is 0 Å². The van der Waals surface area contributed by atoms with Gasteiger partial charge in [-0.15, -0.1) is 0 Å². The second kappa shape index (κ2) is 9.59. The van der Waals surface area contributed by atoms with Gasteiger partial charge in [-0.2, -0.15) is 0 Å². The van der Waals surface area contributed by atoms with Crippen molar-refractivity contribution in [3.05, 3.63) is 71.8 Å². The summed E-state index contributed by atoms with van der Waals surface area (Å²) in [6, 6.07) is 18.5. The topological polar surface area (TPSA) is 70.2 Å². The van der Waals surface area contributed by atoms with Gasteiger partial charge in [0, 0.05) is 13.5 Å². The summed E-state index contributed by atoms with van der Waals surface area (Å²) < 4.78 is 0. The fraction of sp³-hybridized carbons (Fsp3) is 0.300. The van der Waals surface area contributed by atoms with Crippen molar-refractivity contribution in [2.45, 2.75) is 24.9 Å². The van der Waals surface area contributed by atoms with Crippen molar-refractivity contribution < 1.29 is 9.59 Å². The SMILES string of the molecule is CNC(=O)[C@H](Cc1ccccc1)NC(=O)[C@H](Cc1ccccc1)NC. The summed E-state index contributed by atoms with van der Waals surface area (Å²) >= 11 is 0. The van der Waals surface area contributed by atoms with Gasteiger partial charge in [-0.3, -0.25) is 9.59 Å². The van der Waals surface area contributed by atoms with Crippen LogP contribution in [0.3, 0.4) is 0 Å². The first-order chi connectivity index (χ1) is 12.1. The third-order valence-corrected chi connectivity index (χ3v) is 4.11. The lowest BCUT2D eigenvalue weighted by atomic mass is 10.0. The molecule has 0 bridgehead atoms. The van der Waals surface area contributed by atoms with E-state index in [2.05, 4.69) is 16.0 Å². The molecule has 2 atom stereocenters. The largest absolute Gasteiger partial charge is 0.357 e. The van der Waals surface area contributed by atoms with E-state index in [0.29, 0.717) is 12.8 Å². The van der Waals surface area contributed by atoms with Crippen molar-refractivity contribution in [1.29, 1.82) is 0 Å². The average Bonchev–Trinajstić information content (AvgIpc) is 2.66. The maximum absolute atomic E-state index is 12.6. The third-order valence-electron chi connectivity index (χ3n) is 4.11. The van der Waals surface area contributed by atoms with E-state index in [-0.39, 0.29) is 11.8 Å². The summed E-state index contributed by atoms with van der Waals surface area (Å²) in [5.74, 6) is -0.386. The van der Waals surface area contributed by atoms with E-state index in [1.54, 1.807) is 14.1 Å². The predicted octanol–water partition coefficient (Wildman–Crippen LogP) is 1.29. The van der Waals surface area contributed by atoms with Crippen LogP contribution in [-0.2, 0) is 22.4 Å². The van der Waals surface area contributed by atoms with Gasteiger partial charge in [-0.25, -0.2) is 0 Å². The van der Waals surface area contributed by atoms with Gasteiger partial charge in [0.05, 0.1) is 6.04 Å². The summed E-state index contributed by atoms with van der Waals surface area (Å²) in [5, 5.41) is 8.53. The van der Waals surface area contributed by atoms with Crippen molar-refractivity contribution >= 4 is 11.8 Å². The van der Waals surface area contributed by atoms with Crippen LogP contribution in [0.4, 0.5) is 0 Å². The minimum Gasteiger partial charge on any atom is -0.357 e. The summed E-state index contributed by atoms with van der Waals surface area (Å²) in [4.78, 5) is 24.8. The molecular weight excluding hydrogens is 314 g/mol. The third kappa shape index (κ3) is 5.72. The first-order valence-electron chi connectivity index (χ1n) is 8.41. The summed E-state index contributed by atoms with van der Waals surface area (Å²) in [6.45, 7) is 0. The van der Waals surface area contributed by atoms with Crippen LogP contribution < -0.4 is 16.0 Å². The standard InChI is InChI=1S/C20H25N3O2/c1-21-17(13-15-9-5-3-6-10-15)20(25)23-18(19(24)22-2)14-16-11-7-4-8-12-16/h3-12,17-18,21H,13-14H2,1-2H3,(H,22,24)(H,23,25)/t17-,18-/m0/s1. The van der Waals surface area contributed by atoms with Crippen molar-refractivity contribution in [1.82, 2.24) is 16.0 Å². The number of nitrogens with one attached hydrogen (secondary N) is 3. The fourth-order valence-corrected chi connectivity index (χ4v) is 2.68. The van der Waals surface area contributed by atoms with Gasteiger partial charge in [0.1, 0.15) is 6.04 Å². The minimum absolute atomic E-state index is 0.184. The van der Waals surface area contributed by atoms with E-state index in [1.165, 1.54) is 0 Å². The number of hydrogen-bond donors (Lipinski definition) is 3. The number of benzene rings is 2. The fourth-order valence-electron chi connectivity index (χ4n) is 2.68. The first kappa shape index (κ1) is 18.7. The molecule has 0 saturated carbocycles. The molecule has 2 aromatic rings. The van der Waals surface area contributed by atoms with Crippen molar-refractivity contribution in [2.24, 2.45) is 0 Å². The van der Waals surface area contributed by atoms with Crippen LogP contribution in [0.5, 0.6) is 0 Å². The zero-order valence-corrected chi connectivity index (χ0v) is 14.7. The summed E-state index contributed by atoms with van der Waals surface area (Å²) in [5.41, 5.74) is 2.07.